The molecule has 0 bridgehead atoms. The molecule has 36 heavy (non-hydrogen) atoms. The van der Waals surface area contributed by atoms with Crippen molar-refractivity contribution >= 4 is 51.7 Å². The molecular weight excluding hydrogens is 499 g/mol. The lowest BCUT2D eigenvalue weighted by Gasteiger charge is -2.37. The maximum absolute atomic E-state index is 14.8. The zero-order valence-corrected chi connectivity index (χ0v) is 19.3. The lowest BCUT2D eigenvalue weighted by Crippen LogP contribution is -2.61. The first kappa shape index (κ1) is 23.6. The number of amides is 2. The average molecular weight is 517 g/mol. The fourth-order valence-corrected chi connectivity index (χ4v) is 4.08. The van der Waals surface area contributed by atoms with E-state index in [0.29, 0.717) is 11.1 Å². The van der Waals surface area contributed by atoms with E-state index in [1.54, 1.807) is 6.07 Å². The van der Waals surface area contributed by atoms with Gasteiger partial charge in [0.25, 0.3) is 11.8 Å². The van der Waals surface area contributed by atoms with Gasteiger partial charge in [0.05, 0.1) is 47.8 Å². The first-order valence-corrected chi connectivity index (χ1v) is 10.9. The molecule has 2 atom stereocenters. The number of carbonyl (C=O) groups is 2. The van der Waals surface area contributed by atoms with Crippen molar-refractivity contribution in [1.29, 1.82) is 0 Å². The average Bonchev–Trinajstić information content (AvgIpc) is 3.42. The lowest BCUT2D eigenvalue weighted by atomic mass is 9.95. The van der Waals surface area contributed by atoms with Gasteiger partial charge in [-0.05, 0) is 19.1 Å². The Kier molecular flexibility index (Phi) is 5.78. The van der Waals surface area contributed by atoms with E-state index < -0.39 is 29.3 Å². The van der Waals surface area contributed by atoms with Crippen LogP contribution in [-0.2, 0) is 14.3 Å². The summed E-state index contributed by atoms with van der Waals surface area (Å²) in [4.78, 5) is 27.2. The molecule has 4 N–H and O–H groups in total. The Morgan fingerprint density at radius 1 is 1.39 bits per heavy atom. The number of rotatable bonds is 5. The van der Waals surface area contributed by atoms with Crippen LogP contribution < -0.4 is 16.0 Å². The van der Waals surface area contributed by atoms with Gasteiger partial charge in [-0.3, -0.25) is 14.5 Å². The van der Waals surface area contributed by atoms with Gasteiger partial charge in [0.1, 0.15) is 0 Å². The topological polar surface area (TPSA) is 175 Å². The summed E-state index contributed by atoms with van der Waals surface area (Å²) in [6, 6.07) is 4.35. The molecule has 2 amide bonds. The molecular formula is C21H18ClFN8O5. The minimum Gasteiger partial charge on any atom is -0.380 e. The van der Waals surface area contributed by atoms with E-state index in [1.807, 2.05) is 0 Å². The Bertz CT molecular complexity index is 1470. The summed E-state index contributed by atoms with van der Waals surface area (Å²) in [5.41, 5.74) is 4.13. The highest BCUT2D eigenvalue weighted by atomic mass is 35.5. The maximum Gasteiger partial charge on any atom is 0.261 e. The van der Waals surface area contributed by atoms with Gasteiger partial charge in [-0.1, -0.05) is 16.8 Å². The van der Waals surface area contributed by atoms with Gasteiger partial charge < -0.3 is 25.4 Å². The highest BCUT2D eigenvalue weighted by molar-refractivity contribution is 6.36. The lowest BCUT2D eigenvalue weighted by molar-refractivity contribution is -0.165. The number of hydrogen-bond acceptors (Lipinski definition) is 10. The number of nitrogen functional groups attached to an aromatic ring is 1. The molecule has 3 aromatic heterocycles. The zero-order chi connectivity index (χ0) is 25.6. The third-order valence-corrected chi connectivity index (χ3v) is 5.91. The van der Waals surface area contributed by atoms with Gasteiger partial charge in [-0.2, -0.15) is 10.2 Å². The molecule has 4 aromatic rings. The van der Waals surface area contributed by atoms with Crippen LogP contribution in [0.25, 0.3) is 16.7 Å². The number of aromatic nitrogens is 5. The van der Waals surface area contributed by atoms with Gasteiger partial charge in [0.15, 0.2) is 34.7 Å². The van der Waals surface area contributed by atoms with E-state index >= 15 is 0 Å². The Morgan fingerprint density at radius 3 is 2.94 bits per heavy atom. The summed E-state index contributed by atoms with van der Waals surface area (Å²) in [6.45, 7) is 0.978. The largest absolute Gasteiger partial charge is 0.380 e. The van der Waals surface area contributed by atoms with E-state index in [2.05, 4.69) is 25.8 Å². The Hall–Kier alpha value is -4.14. The number of aliphatic hydroxyl groups is 1. The highest BCUT2D eigenvalue weighted by Crippen LogP contribution is 2.33. The van der Waals surface area contributed by atoms with Gasteiger partial charge in [0, 0.05) is 11.8 Å². The zero-order valence-electron chi connectivity index (χ0n) is 18.6. The van der Waals surface area contributed by atoms with Crippen LogP contribution in [0.5, 0.6) is 0 Å². The third kappa shape index (κ3) is 4.00. The standard InChI is InChI=1S/C21H18ClFN8O5/c1-21(34,20(33)27-10-6-12(22)15-14(7-10)36-29-17(15)24)16-19(32)30(4-5-35-16)18-13(23)9-31(28-18)11-2-3-25-26-8-11/h2-3,6-9,16,34H,4-5H2,1H3,(H2,24,29)(H,27,33)/t16-,21+/m0/s1. The van der Waals surface area contributed by atoms with E-state index in [4.69, 9.17) is 26.6 Å². The molecule has 1 aromatic carbocycles. The second-order valence-electron chi connectivity index (χ2n) is 8.09. The number of nitrogens with two attached hydrogens (primary N) is 1. The van der Waals surface area contributed by atoms with E-state index in [1.165, 1.54) is 29.2 Å². The van der Waals surface area contributed by atoms with E-state index in [0.717, 1.165) is 18.0 Å². The number of anilines is 3. The molecule has 0 aliphatic carbocycles. The summed E-state index contributed by atoms with van der Waals surface area (Å²) < 4.78 is 26.5. The predicted octanol–water partition coefficient (Wildman–Crippen LogP) is 1.30. The number of fused-ring (bicyclic) bond motifs is 1. The fraction of sp³-hybridized carbons (Fsp3) is 0.238. The van der Waals surface area contributed by atoms with Crippen LogP contribution >= 0.6 is 11.6 Å². The van der Waals surface area contributed by atoms with E-state index in [9.17, 15) is 19.1 Å². The van der Waals surface area contributed by atoms with Crippen molar-refractivity contribution in [3.63, 3.8) is 0 Å². The van der Waals surface area contributed by atoms with Gasteiger partial charge in [-0.15, -0.1) is 5.10 Å². The summed E-state index contributed by atoms with van der Waals surface area (Å²) >= 11 is 6.20. The van der Waals surface area contributed by atoms with Crippen molar-refractivity contribution in [2.24, 2.45) is 0 Å². The third-order valence-electron chi connectivity index (χ3n) is 5.61. The molecule has 13 nitrogen and oxygen atoms in total. The van der Waals surface area contributed by atoms with Gasteiger partial charge >= 0.3 is 0 Å². The van der Waals surface area contributed by atoms with Crippen LogP contribution in [0.4, 0.5) is 21.7 Å². The number of morpholine rings is 1. The van der Waals surface area contributed by atoms with Crippen molar-refractivity contribution in [3.05, 3.63) is 47.6 Å². The number of nitrogens with zero attached hydrogens (tertiary/aromatic N) is 6. The van der Waals surface area contributed by atoms with Crippen molar-refractivity contribution in [2.75, 3.05) is 29.1 Å². The minimum atomic E-state index is -2.36. The number of halogens is 2. The maximum atomic E-state index is 14.8. The second kappa shape index (κ2) is 8.82. The summed E-state index contributed by atoms with van der Waals surface area (Å²) in [5, 5.41) is 29.1. The van der Waals surface area contributed by atoms with Crippen molar-refractivity contribution in [2.45, 2.75) is 18.6 Å². The smallest absolute Gasteiger partial charge is 0.261 e. The molecule has 5 rings (SSSR count). The highest BCUT2D eigenvalue weighted by Gasteiger charge is 2.49. The molecule has 0 saturated carbocycles. The monoisotopic (exact) mass is 516 g/mol. The van der Waals surface area contributed by atoms with Crippen LogP contribution in [0.2, 0.25) is 5.02 Å². The summed E-state index contributed by atoms with van der Waals surface area (Å²) in [5.74, 6) is -2.83. The minimum absolute atomic E-state index is 0.0469. The van der Waals surface area contributed by atoms with Gasteiger partial charge in [0.2, 0.25) is 0 Å². The molecule has 4 heterocycles. The quantitative estimate of drug-likeness (QED) is 0.350. The molecule has 1 aliphatic rings. The molecule has 0 spiro atoms. The molecule has 1 fully saturated rings. The summed E-state index contributed by atoms with van der Waals surface area (Å²) in [6.07, 6.45) is 2.19. The first-order valence-electron chi connectivity index (χ1n) is 10.5. The van der Waals surface area contributed by atoms with Crippen LogP contribution in [-0.4, -0.2) is 66.9 Å². The van der Waals surface area contributed by atoms with Crippen molar-refractivity contribution in [1.82, 2.24) is 25.1 Å². The second-order valence-corrected chi connectivity index (χ2v) is 8.49. The molecule has 186 valence electrons. The Labute approximate surface area is 206 Å². The van der Waals surface area contributed by atoms with Gasteiger partial charge in [-0.25, -0.2) is 9.07 Å². The van der Waals surface area contributed by atoms with Crippen LogP contribution in [0.3, 0.4) is 0 Å². The Balaban J connectivity index is 1.38. The van der Waals surface area contributed by atoms with Crippen LogP contribution in [0.15, 0.2) is 41.3 Å². The fourth-order valence-electron chi connectivity index (χ4n) is 3.77. The number of carbonyl (C=O) groups excluding carboxylic acids is 2. The molecule has 0 unspecified atom stereocenters. The Morgan fingerprint density at radius 2 is 2.19 bits per heavy atom. The van der Waals surface area contributed by atoms with Crippen molar-refractivity contribution < 1.29 is 28.3 Å². The van der Waals surface area contributed by atoms with Crippen LogP contribution in [0.1, 0.15) is 6.92 Å². The van der Waals surface area contributed by atoms with Crippen molar-refractivity contribution in [3.8, 4) is 5.69 Å². The first-order chi connectivity index (χ1) is 17.2. The number of ether oxygens (including phenoxy) is 1. The number of benzene rings is 1. The molecule has 1 aliphatic heterocycles. The predicted molar refractivity (Wildman–Crippen MR) is 124 cm³/mol. The number of nitrogens with one attached hydrogen (secondary N) is 1. The normalized spacial score (nSPS) is 17.8. The molecule has 1 saturated heterocycles. The molecule has 15 heteroatoms. The SMILES string of the molecule is C[C@](O)(C(=O)Nc1cc(Cl)c2c(N)noc2c1)[C@H]1OCCN(c2nn(-c3ccnnc3)cc2F)C1=O. The summed E-state index contributed by atoms with van der Waals surface area (Å²) in [7, 11) is 0. The number of hydrogen-bond donors (Lipinski definition) is 3. The van der Waals surface area contributed by atoms with E-state index in [-0.39, 0.29) is 41.1 Å². The van der Waals surface area contributed by atoms with Crippen LogP contribution in [0, 0.1) is 5.82 Å². The molecule has 0 radical (unpaired) electrons.